The maximum Gasteiger partial charge on any atom is 0.414 e. The second-order valence-corrected chi connectivity index (χ2v) is 5.45. The van der Waals surface area contributed by atoms with E-state index < -0.39 is 18.0 Å². The Morgan fingerprint density at radius 3 is 2.88 bits per heavy atom. The molecular formula is C16H18FN3O6. The molecule has 1 atom stereocenters. The minimum absolute atomic E-state index is 0.0109. The molecule has 1 fully saturated rings. The lowest BCUT2D eigenvalue weighted by atomic mass is 10.2. The molecule has 3 amide bonds. The van der Waals surface area contributed by atoms with Gasteiger partial charge >= 0.3 is 6.09 Å². The van der Waals surface area contributed by atoms with E-state index in [1.165, 1.54) is 24.0 Å². The van der Waals surface area contributed by atoms with Gasteiger partial charge in [0.2, 0.25) is 12.3 Å². The first-order chi connectivity index (χ1) is 12.5. The lowest BCUT2D eigenvalue weighted by Gasteiger charge is -2.19. The first kappa shape index (κ1) is 19.2. The highest BCUT2D eigenvalue weighted by Gasteiger charge is 2.32. The van der Waals surface area contributed by atoms with E-state index in [9.17, 15) is 23.6 Å². The van der Waals surface area contributed by atoms with Gasteiger partial charge in [-0.1, -0.05) is 0 Å². The van der Waals surface area contributed by atoms with Crippen LogP contribution in [-0.4, -0.2) is 57.2 Å². The lowest BCUT2D eigenvalue weighted by Crippen LogP contribution is -2.33. The first-order valence-corrected chi connectivity index (χ1v) is 7.75. The zero-order valence-corrected chi connectivity index (χ0v) is 14.0. The van der Waals surface area contributed by atoms with E-state index in [0.29, 0.717) is 6.41 Å². The number of benzene rings is 1. The Morgan fingerprint density at radius 1 is 1.50 bits per heavy atom. The van der Waals surface area contributed by atoms with E-state index in [2.05, 4.69) is 10.1 Å². The molecule has 0 unspecified atom stereocenters. The Balaban J connectivity index is 2.08. The van der Waals surface area contributed by atoms with Gasteiger partial charge in [-0.05, 0) is 18.2 Å². The third-order valence-electron chi connectivity index (χ3n) is 3.65. The number of nitrogens with zero attached hydrogens (tertiary/aromatic N) is 2. The first-order valence-electron chi connectivity index (χ1n) is 7.75. The van der Waals surface area contributed by atoms with Gasteiger partial charge in [-0.2, -0.15) is 0 Å². The summed E-state index contributed by atoms with van der Waals surface area (Å²) >= 11 is 0. The number of hydrogen-bond acceptors (Lipinski definition) is 6. The summed E-state index contributed by atoms with van der Waals surface area (Å²) in [5.41, 5.74) is 0.247. The Morgan fingerprint density at radius 2 is 2.27 bits per heavy atom. The molecule has 0 bridgehead atoms. The van der Waals surface area contributed by atoms with Crippen LogP contribution in [0.2, 0.25) is 0 Å². The second kappa shape index (κ2) is 8.79. The topological polar surface area (TPSA) is 105 Å². The summed E-state index contributed by atoms with van der Waals surface area (Å²) in [5.74, 6) is -0.971. The summed E-state index contributed by atoms with van der Waals surface area (Å²) in [7, 11) is 0. The van der Waals surface area contributed by atoms with Crippen molar-refractivity contribution in [2.75, 3.05) is 36.0 Å². The van der Waals surface area contributed by atoms with Gasteiger partial charge in [0.25, 0.3) is 6.47 Å². The monoisotopic (exact) mass is 367 g/mol. The third-order valence-corrected chi connectivity index (χ3v) is 3.65. The van der Waals surface area contributed by atoms with Crippen molar-refractivity contribution in [3.05, 3.63) is 24.0 Å². The summed E-state index contributed by atoms with van der Waals surface area (Å²) in [6, 6.07) is 3.92. The number of hydrogen-bond donors (Lipinski definition) is 1. The molecule has 0 spiro atoms. The average molecular weight is 367 g/mol. The Kier molecular flexibility index (Phi) is 6.48. The molecule has 0 aliphatic carbocycles. The van der Waals surface area contributed by atoms with E-state index in [4.69, 9.17) is 4.74 Å². The largest absolute Gasteiger partial charge is 0.466 e. The molecule has 0 radical (unpaired) electrons. The minimum atomic E-state index is -0.723. The summed E-state index contributed by atoms with van der Waals surface area (Å²) in [6.07, 6.45) is -0.778. The Bertz CT molecular complexity index is 699. The summed E-state index contributed by atoms with van der Waals surface area (Å²) in [6.45, 7) is 1.81. The molecule has 1 saturated heterocycles. The summed E-state index contributed by atoms with van der Waals surface area (Å²) < 4.78 is 24.0. The number of amides is 3. The van der Waals surface area contributed by atoms with Gasteiger partial charge in [0, 0.05) is 6.92 Å². The highest BCUT2D eigenvalue weighted by Crippen LogP contribution is 2.27. The predicted molar refractivity (Wildman–Crippen MR) is 88.1 cm³/mol. The molecule has 26 heavy (non-hydrogen) atoms. The molecule has 1 aliphatic rings. The molecule has 1 aliphatic heterocycles. The number of nitrogens with one attached hydrogen (secondary N) is 1. The van der Waals surface area contributed by atoms with E-state index in [-0.39, 0.29) is 50.0 Å². The zero-order chi connectivity index (χ0) is 19.1. The van der Waals surface area contributed by atoms with Crippen LogP contribution < -0.4 is 15.1 Å². The lowest BCUT2D eigenvalue weighted by molar-refractivity contribution is -0.128. The normalized spacial score (nSPS) is 16.0. The highest BCUT2D eigenvalue weighted by atomic mass is 19.1. The third kappa shape index (κ3) is 4.68. The number of ether oxygens (including phenoxy) is 2. The number of rotatable bonds is 9. The number of anilines is 2. The molecule has 0 saturated carbocycles. The highest BCUT2D eigenvalue weighted by molar-refractivity contribution is 5.90. The molecule has 1 heterocycles. The van der Waals surface area contributed by atoms with Crippen molar-refractivity contribution in [2.24, 2.45) is 0 Å². The number of carbonyl (C=O) groups excluding carboxylic acids is 4. The molecule has 1 aromatic rings. The van der Waals surface area contributed by atoms with Crippen molar-refractivity contribution < 1.29 is 33.0 Å². The quantitative estimate of drug-likeness (QED) is 0.501. The van der Waals surface area contributed by atoms with E-state index >= 15 is 0 Å². The van der Waals surface area contributed by atoms with Crippen LogP contribution in [0.1, 0.15) is 6.92 Å². The molecule has 9 nitrogen and oxygen atoms in total. The average Bonchev–Trinajstić information content (AvgIpc) is 2.98. The maximum absolute atomic E-state index is 14.4. The molecular weight excluding hydrogens is 349 g/mol. The molecule has 140 valence electrons. The van der Waals surface area contributed by atoms with Gasteiger partial charge in [0.1, 0.15) is 18.5 Å². The summed E-state index contributed by atoms with van der Waals surface area (Å²) in [4.78, 5) is 46.4. The standard InChI is InChI=1S/C16H18FN3O6/c1-11(23)18-7-13-8-20(16(24)26-13)12-2-3-15(14(17)6-12)19(9-21)4-5-25-10-22/h2-3,6,9-10,13H,4-5,7-8H2,1H3,(H,18,23)/t13-/m0/s1. The van der Waals surface area contributed by atoms with Crippen molar-refractivity contribution in [3.8, 4) is 0 Å². The van der Waals surface area contributed by atoms with Crippen LogP contribution in [-0.2, 0) is 23.9 Å². The Hall–Kier alpha value is -3.17. The second-order valence-electron chi connectivity index (χ2n) is 5.45. The van der Waals surface area contributed by atoms with Crippen LogP contribution in [0.3, 0.4) is 0 Å². The van der Waals surface area contributed by atoms with E-state index in [0.717, 1.165) is 11.0 Å². The van der Waals surface area contributed by atoms with Crippen LogP contribution in [0.25, 0.3) is 0 Å². The van der Waals surface area contributed by atoms with Gasteiger partial charge < -0.3 is 19.7 Å². The number of halogens is 1. The van der Waals surface area contributed by atoms with Gasteiger partial charge in [0.15, 0.2) is 0 Å². The van der Waals surface area contributed by atoms with Crippen molar-refractivity contribution in [3.63, 3.8) is 0 Å². The molecule has 0 aromatic heterocycles. The molecule has 1 aromatic carbocycles. The fourth-order valence-corrected chi connectivity index (χ4v) is 2.42. The molecule has 1 N–H and O–H groups in total. The fraction of sp³-hybridized carbons (Fsp3) is 0.375. The van der Waals surface area contributed by atoms with Gasteiger partial charge in [-0.15, -0.1) is 0 Å². The van der Waals surface area contributed by atoms with Crippen molar-refractivity contribution in [1.29, 1.82) is 0 Å². The van der Waals surface area contributed by atoms with Gasteiger partial charge in [-0.3, -0.25) is 19.3 Å². The smallest absolute Gasteiger partial charge is 0.414 e. The minimum Gasteiger partial charge on any atom is -0.466 e. The van der Waals surface area contributed by atoms with Gasteiger partial charge in [0.05, 0.1) is 31.0 Å². The van der Waals surface area contributed by atoms with Crippen molar-refractivity contribution in [1.82, 2.24) is 5.32 Å². The van der Waals surface area contributed by atoms with E-state index in [1.54, 1.807) is 0 Å². The van der Waals surface area contributed by atoms with E-state index in [1.807, 2.05) is 0 Å². The van der Waals surface area contributed by atoms with Crippen molar-refractivity contribution >= 4 is 36.3 Å². The van der Waals surface area contributed by atoms with Crippen molar-refractivity contribution in [2.45, 2.75) is 13.0 Å². The predicted octanol–water partition coefficient (Wildman–Crippen LogP) is 0.423. The zero-order valence-electron chi connectivity index (χ0n) is 14.0. The van der Waals surface area contributed by atoms with Crippen LogP contribution in [0.5, 0.6) is 0 Å². The fourth-order valence-electron chi connectivity index (χ4n) is 2.42. The summed E-state index contributed by atoms with van der Waals surface area (Å²) in [5, 5.41) is 2.55. The number of cyclic esters (lactones) is 1. The number of carbonyl (C=O) groups is 4. The SMILES string of the molecule is CC(=O)NC[C@H]1CN(c2ccc(N(C=O)CCOC=O)c(F)c2)C(=O)O1. The van der Waals surface area contributed by atoms with Gasteiger partial charge in [-0.25, -0.2) is 9.18 Å². The Labute approximate surface area is 148 Å². The van der Waals surface area contributed by atoms with Crippen LogP contribution >= 0.6 is 0 Å². The van der Waals surface area contributed by atoms with Crippen LogP contribution in [0.15, 0.2) is 18.2 Å². The molecule has 2 rings (SSSR count). The molecule has 10 heteroatoms. The van der Waals surface area contributed by atoms with Crippen LogP contribution in [0.4, 0.5) is 20.6 Å². The maximum atomic E-state index is 14.4. The van der Waals surface area contributed by atoms with Crippen LogP contribution in [0, 0.1) is 5.82 Å².